The Bertz CT molecular complexity index is 938. The van der Waals surface area contributed by atoms with Crippen molar-refractivity contribution < 1.29 is 17.9 Å². The summed E-state index contributed by atoms with van der Waals surface area (Å²) in [6.45, 7) is 2.56. The van der Waals surface area contributed by atoms with E-state index in [-0.39, 0.29) is 22.8 Å². The molecule has 0 saturated carbocycles. The molecule has 1 aliphatic rings. The van der Waals surface area contributed by atoms with E-state index in [9.17, 15) is 13.2 Å². The summed E-state index contributed by atoms with van der Waals surface area (Å²) >= 11 is 5.91. The van der Waals surface area contributed by atoms with Crippen molar-refractivity contribution in [1.82, 2.24) is 9.62 Å². The molecule has 1 saturated heterocycles. The highest BCUT2D eigenvalue weighted by atomic mass is 35.5. The molecule has 2 aromatic rings. The van der Waals surface area contributed by atoms with E-state index < -0.39 is 10.0 Å². The number of amides is 1. The number of nitrogens with zero attached hydrogens (tertiary/aromatic N) is 1. The Balaban J connectivity index is 1.57. The van der Waals surface area contributed by atoms with Crippen molar-refractivity contribution >= 4 is 27.5 Å². The molecule has 0 radical (unpaired) electrons. The maximum absolute atomic E-state index is 12.8. The van der Waals surface area contributed by atoms with Crippen LogP contribution in [0, 0.1) is 5.92 Å². The summed E-state index contributed by atoms with van der Waals surface area (Å²) < 4.78 is 32.2. The van der Waals surface area contributed by atoms with E-state index in [1.807, 2.05) is 19.1 Å². The molecule has 1 N–H and O–H groups in total. The zero-order valence-corrected chi connectivity index (χ0v) is 18.0. The van der Waals surface area contributed by atoms with Crippen LogP contribution in [0.5, 0.6) is 5.75 Å². The van der Waals surface area contributed by atoms with Crippen LogP contribution in [0.3, 0.4) is 0 Å². The molecule has 1 amide bonds. The van der Waals surface area contributed by atoms with Gasteiger partial charge in [-0.25, -0.2) is 8.42 Å². The Morgan fingerprint density at radius 3 is 2.24 bits per heavy atom. The van der Waals surface area contributed by atoms with E-state index in [2.05, 4.69) is 5.32 Å². The summed E-state index contributed by atoms with van der Waals surface area (Å²) in [5.41, 5.74) is 0.974. The van der Waals surface area contributed by atoms with Gasteiger partial charge < -0.3 is 10.1 Å². The number of carbonyl (C=O) groups is 1. The Hall–Kier alpha value is -2.09. The number of halogens is 1. The Labute approximate surface area is 176 Å². The minimum atomic E-state index is -3.57. The van der Waals surface area contributed by atoms with Gasteiger partial charge in [-0.2, -0.15) is 4.31 Å². The first-order valence-electron chi connectivity index (χ1n) is 9.51. The smallest absolute Gasteiger partial charge is 0.243 e. The van der Waals surface area contributed by atoms with Gasteiger partial charge >= 0.3 is 0 Å². The van der Waals surface area contributed by atoms with Gasteiger partial charge in [0.05, 0.1) is 18.0 Å². The van der Waals surface area contributed by atoms with Gasteiger partial charge in [-0.15, -0.1) is 0 Å². The van der Waals surface area contributed by atoms with E-state index in [4.69, 9.17) is 16.3 Å². The highest BCUT2D eigenvalue weighted by Gasteiger charge is 2.32. The first-order chi connectivity index (χ1) is 13.8. The fourth-order valence-corrected chi connectivity index (χ4v) is 5.02. The summed E-state index contributed by atoms with van der Waals surface area (Å²) in [6.07, 6.45) is 0.989. The third-order valence-electron chi connectivity index (χ3n) is 5.25. The Kier molecular flexibility index (Phi) is 6.82. The lowest BCUT2D eigenvalue weighted by Crippen LogP contribution is -2.43. The number of sulfonamides is 1. The lowest BCUT2D eigenvalue weighted by atomic mass is 9.96. The molecule has 6 nitrogen and oxygen atoms in total. The van der Waals surface area contributed by atoms with Crippen LogP contribution in [-0.4, -0.2) is 38.8 Å². The molecule has 3 rings (SSSR count). The van der Waals surface area contributed by atoms with Crippen LogP contribution in [0.15, 0.2) is 53.4 Å². The predicted octanol–water partition coefficient (Wildman–Crippen LogP) is 3.63. The van der Waals surface area contributed by atoms with Crippen LogP contribution in [0.4, 0.5) is 0 Å². The predicted molar refractivity (Wildman–Crippen MR) is 112 cm³/mol. The van der Waals surface area contributed by atoms with Gasteiger partial charge in [-0.1, -0.05) is 23.7 Å². The molecule has 1 atom stereocenters. The van der Waals surface area contributed by atoms with Crippen molar-refractivity contribution in [2.75, 3.05) is 20.2 Å². The van der Waals surface area contributed by atoms with Crippen LogP contribution < -0.4 is 10.1 Å². The van der Waals surface area contributed by atoms with Crippen molar-refractivity contribution in [3.63, 3.8) is 0 Å². The molecule has 156 valence electrons. The number of hydrogen-bond donors (Lipinski definition) is 1. The zero-order chi connectivity index (χ0) is 21.0. The fourth-order valence-electron chi connectivity index (χ4n) is 3.42. The normalized spacial score (nSPS) is 16.9. The maximum atomic E-state index is 12.8. The van der Waals surface area contributed by atoms with Crippen LogP contribution in [0.2, 0.25) is 5.02 Å². The number of benzene rings is 2. The quantitative estimate of drug-likeness (QED) is 0.750. The van der Waals surface area contributed by atoms with Crippen LogP contribution in [-0.2, 0) is 14.8 Å². The summed E-state index contributed by atoms with van der Waals surface area (Å²) in [4.78, 5) is 12.9. The maximum Gasteiger partial charge on any atom is 0.243 e. The number of carbonyl (C=O) groups excluding carboxylic acids is 1. The topological polar surface area (TPSA) is 75.7 Å². The van der Waals surface area contributed by atoms with Gasteiger partial charge in [0.2, 0.25) is 15.9 Å². The van der Waals surface area contributed by atoms with Crippen LogP contribution >= 0.6 is 11.6 Å². The molecule has 0 aromatic heterocycles. The van der Waals surface area contributed by atoms with Crippen molar-refractivity contribution in [2.45, 2.75) is 30.7 Å². The lowest BCUT2D eigenvalue weighted by Gasteiger charge is -2.31. The van der Waals surface area contributed by atoms with E-state index >= 15 is 0 Å². The van der Waals surface area contributed by atoms with E-state index in [1.165, 1.54) is 11.4 Å². The molecular weight excluding hydrogens is 412 g/mol. The van der Waals surface area contributed by atoms with Gasteiger partial charge in [0.1, 0.15) is 5.75 Å². The van der Waals surface area contributed by atoms with Gasteiger partial charge in [0.15, 0.2) is 0 Å². The number of rotatable bonds is 6. The molecule has 0 unspecified atom stereocenters. The molecule has 1 aliphatic heterocycles. The Morgan fingerprint density at radius 1 is 1.10 bits per heavy atom. The van der Waals surface area contributed by atoms with Gasteiger partial charge in [-0.3, -0.25) is 4.79 Å². The molecule has 0 aliphatic carbocycles. The first-order valence-corrected chi connectivity index (χ1v) is 11.3. The summed E-state index contributed by atoms with van der Waals surface area (Å²) in [6, 6.07) is 13.6. The average molecular weight is 437 g/mol. The van der Waals surface area contributed by atoms with E-state index in [1.54, 1.807) is 36.4 Å². The van der Waals surface area contributed by atoms with Gasteiger partial charge in [0, 0.05) is 24.0 Å². The zero-order valence-electron chi connectivity index (χ0n) is 16.5. The van der Waals surface area contributed by atoms with E-state index in [0.29, 0.717) is 36.7 Å². The number of ether oxygens (including phenoxy) is 1. The molecule has 1 fully saturated rings. The van der Waals surface area contributed by atoms with E-state index in [0.717, 1.165) is 5.56 Å². The summed E-state index contributed by atoms with van der Waals surface area (Å²) in [7, 11) is -2.04. The largest absolute Gasteiger partial charge is 0.497 e. The summed E-state index contributed by atoms with van der Waals surface area (Å²) in [5, 5.41) is 3.67. The van der Waals surface area contributed by atoms with Crippen LogP contribution in [0.25, 0.3) is 0 Å². The fraction of sp³-hybridized carbons (Fsp3) is 0.381. The first kappa shape index (κ1) is 21.6. The number of nitrogens with one attached hydrogen (secondary N) is 1. The number of hydrogen-bond acceptors (Lipinski definition) is 4. The molecule has 2 aromatic carbocycles. The second kappa shape index (κ2) is 9.15. The Morgan fingerprint density at radius 2 is 1.69 bits per heavy atom. The van der Waals surface area contributed by atoms with Crippen molar-refractivity contribution in [3.05, 3.63) is 59.1 Å². The third kappa shape index (κ3) is 5.10. The molecule has 29 heavy (non-hydrogen) atoms. The van der Waals surface area contributed by atoms with Gasteiger partial charge in [-0.05, 0) is 61.7 Å². The standard InChI is InChI=1S/C21H25ClN2O4S/c1-15(16-3-5-18(22)6-4-16)23-21(25)17-11-13-24(14-12-17)29(26,27)20-9-7-19(28-2)8-10-20/h3-10,15,17H,11-14H2,1-2H3,(H,23,25)/t15-/m1/s1. The summed E-state index contributed by atoms with van der Waals surface area (Å²) in [5.74, 6) is 0.357. The van der Waals surface area contributed by atoms with Crippen molar-refractivity contribution in [2.24, 2.45) is 5.92 Å². The average Bonchev–Trinajstić information content (AvgIpc) is 2.74. The molecule has 0 spiro atoms. The molecule has 8 heteroatoms. The second-order valence-corrected chi connectivity index (χ2v) is 9.51. The number of methoxy groups -OCH3 is 1. The van der Waals surface area contributed by atoms with Crippen LogP contribution in [0.1, 0.15) is 31.4 Å². The molecule has 1 heterocycles. The third-order valence-corrected chi connectivity index (χ3v) is 7.42. The molecule has 0 bridgehead atoms. The highest BCUT2D eigenvalue weighted by Crippen LogP contribution is 2.26. The number of piperidine rings is 1. The SMILES string of the molecule is COc1ccc(S(=O)(=O)N2CCC(C(=O)N[C@H](C)c3ccc(Cl)cc3)CC2)cc1. The lowest BCUT2D eigenvalue weighted by molar-refractivity contribution is -0.126. The monoisotopic (exact) mass is 436 g/mol. The minimum Gasteiger partial charge on any atom is -0.497 e. The van der Waals surface area contributed by atoms with Gasteiger partial charge in [0.25, 0.3) is 0 Å². The molecular formula is C21H25ClN2O4S. The highest BCUT2D eigenvalue weighted by molar-refractivity contribution is 7.89. The van der Waals surface area contributed by atoms with Crippen molar-refractivity contribution in [3.8, 4) is 5.75 Å². The minimum absolute atomic E-state index is 0.0473. The second-order valence-electron chi connectivity index (χ2n) is 7.14. The van der Waals surface area contributed by atoms with Crippen molar-refractivity contribution in [1.29, 1.82) is 0 Å².